The molecular weight excluding hydrogens is 504 g/mol. The third kappa shape index (κ3) is 6.58. The highest BCUT2D eigenvalue weighted by Gasteiger charge is 2.15. The smallest absolute Gasteiger partial charge is 0.331 e. The Bertz CT molecular complexity index is 1570. The molecule has 2 N–H and O–H groups in total. The number of rotatable bonds is 10. The van der Waals surface area contributed by atoms with Gasteiger partial charge in [-0.2, -0.15) is 0 Å². The quantitative estimate of drug-likeness (QED) is 0.298. The number of halogens is 1. The molecule has 0 fully saturated rings. The fourth-order valence-corrected chi connectivity index (χ4v) is 4.38. The van der Waals surface area contributed by atoms with Crippen LogP contribution in [0.1, 0.15) is 30.4 Å². The summed E-state index contributed by atoms with van der Waals surface area (Å²) < 4.78 is 2.46. The molecule has 4 rings (SSSR count). The van der Waals surface area contributed by atoms with E-state index >= 15 is 0 Å². The molecule has 9 heteroatoms. The van der Waals surface area contributed by atoms with E-state index in [2.05, 4.69) is 10.6 Å². The summed E-state index contributed by atoms with van der Waals surface area (Å²) >= 11 is 6.12. The number of unbranched alkanes of at least 4 members (excludes halogenated alkanes) is 1. The van der Waals surface area contributed by atoms with Crippen molar-refractivity contribution in [1.82, 2.24) is 14.5 Å². The van der Waals surface area contributed by atoms with Crippen LogP contribution in [-0.2, 0) is 29.2 Å². The zero-order valence-corrected chi connectivity index (χ0v) is 21.8. The molecule has 3 aromatic carbocycles. The van der Waals surface area contributed by atoms with Gasteiger partial charge in [-0.05, 0) is 55.7 Å². The first-order valence-electron chi connectivity index (χ1n) is 12.4. The molecule has 0 aliphatic heterocycles. The number of hydrogen-bond acceptors (Lipinski definition) is 4. The molecule has 0 saturated carbocycles. The van der Waals surface area contributed by atoms with E-state index in [0.29, 0.717) is 41.0 Å². The third-order valence-electron chi connectivity index (χ3n) is 6.24. The maximum Gasteiger partial charge on any atom is 0.331 e. The Morgan fingerprint density at radius 1 is 0.842 bits per heavy atom. The van der Waals surface area contributed by atoms with E-state index < -0.39 is 11.2 Å². The molecule has 38 heavy (non-hydrogen) atoms. The first kappa shape index (κ1) is 26.9. The van der Waals surface area contributed by atoms with Crippen LogP contribution in [0.4, 0.5) is 5.69 Å². The highest BCUT2D eigenvalue weighted by molar-refractivity contribution is 6.31. The van der Waals surface area contributed by atoms with Crippen molar-refractivity contribution >= 4 is 40.0 Å². The summed E-state index contributed by atoms with van der Waals surface area (Å²) in [5, 5.41) is 6.58. The summed E-state index contributed by atoms with van der Waals surface area (Å²) in [5.74, 6) is -0.512. The van der Waals surface area contributed by atoms with Crippen LogP contribution in [0.25, 0.3) is 10.9 Å². The molecule has 1 heterocycles. The number of hydrogen-bond donors (Lipinski definition) is 2. The Labute approximate surface area is 224 Å². The van der Waals surface area contributed by atoms with Crippen molar-refractivity contribution in [2.24, 2.45) is 0 Å². The summed E-state index contributed by atoms with van der Waals surface area (Å²) in [7, 11) is 0. The van der Waals surface area contributed by atoms with Crippen LogP contribution in [0.3, 0.4) is 0 Å². The topological polar surface area (TPSA) is 102 Å². The van der Waals surface area contributed by atoms with Gasteiger partial charge in [-0.15, -0.1) is 0 Å². The second-order valence-corrected chi connectivity index (χ2v) is 9.49. The highest BCUT2D eigenvalue weighted by atomic mass is 35.5. The van der Waals surface area contributed by atoms with Crippen molar-refractivity contribution in [3.8, 4) is 0 Å². The van der Waals surface area contributed by atoms with E-state index in [-0.39, 0.29) is 31.3 Å². The van der Waals surface area contributed by atoms with Crippen molar-refractivity contribution in [3.05, 3.63) is 110 Å². The van der Waals surface area contributed by atoms with Crippen molar-refractivity contribution < 1.29 is 9.59 Å². The van der Waals surface area contributed by atoms with E-state index in [1.807, 2.05) is 37.3 Å². The van der Waals surface area contributed by atoms with E-state index in [0.717, 1.165) is 15.7 Å². The van der Waals surface area contributed by atoms with Crippen LogP contribution in [0.15, 0.2) is 82.4 Å². The highest BCUT2D eigenvalue weighted by Crippen LogP contribution is 2.14. The van der Waals surface area contributed by atoms with Crippen LogP contribution < -0.4 is 21.9 Å². The SMILES string of the molecule is Cc1ccc(NC(=O)Cn2c(=O)n(CCCCC(=O)NCc3ccccc3Cl)c(=O)c3ccccc32)cc1. The number of carbonyl (C=O) groups excluding carboxylic acids is 2. The van der Waals surface area contributed by atoms with Gasteiger partial charge in [0.2, 0.25) is 11.8 Å². The standard InChI is InChI=1S/C29H29ClN4O4/c1-20-13-15-22(16-14-20)32-27(36)19-34-25-11-5-3-9-23(25)28(37)33(29(34)38)17-7-6-12-26(35)31-18-21-8-2-4-10-24(21)30/h2-5,8-11,13-16H,6-7,12,17-19H2,1H3,(H,31,35)(H,32,36). The molecule has 1 aromatic heterocycles. The second-order valence-electron chi connectivity index (χ2n) is 9.08. The lowest BCUT2D eigenvalue weighted by molar-refractivity contribution is -0.121. The zero-order chi connectivity index (χ0) is 27.1. The average Bonchev–Trinajstić information content (AvgIpc) is 2.91. The Morgan fingerprint density at radius 3 is 2.32 bits per heavy atom. The van der Waals surface area contributed by atoms with E-state index in [4.69, 9.17) is 11.6 Å². The normalized spacial score (nSPS) is 10.9. The number of carbonyl (C=O) groups is 2. The lowest BCUT2D eigenvalue weighted by atomic mass is 10.2. The molecule has 0 spiro atoms. The molecule has 0 saturated heterocycles. The Hall–Kier alpha value is -4.17. The maximum atomic E-state index is 13.3. The van der Waals surface area contributed by atoms with Gasteiger partial charge >= 0.3 is 5.69 Å². The van der Waals surface area contributed by atoms with Gasteiger partial charge < -0.3 is 10.6 Å². The lowest BCUT2D eigenvalue weighted by Gasteiger charge is -2.14. The van der Waals surface area contributed by atoms with E-state index in [9.17, 15) is 19.2 Å². The van der Waals surface area contributed by atoms with Gasteiger partial charge in [-0.25, -0.2) is 4.79 Å². The number of aryl methyl sites for hydroxylation is 1. The molecule has 0 unspecified atom stereocenters. The van der Waals surface area contributed by atoms with Gasteiger partial charge in [0.05, 0.1) is 10.9 Å². The Morgan fingerprint density at radius 2 is 1.55 bits per heavy atom. The summed E-state index contributed by atoms with van der Waals surface area (Å²) in [6.45, 7) is 2.18. The lowest BCUT2D eigenvalue weighted by Crippen LogP contribution is -2.41. The zero-order valence-electron chi connectivity index (χ0n) is 21.1. The average molecular weight is 533 g/mol. The molecule has 2 amide bonds. The van der Waals surface area contributed by atoms with E-state index in [1.54, 1.807) is 42.5 Å². The molecular formula is C29H29ClN4O4. The van der Waals surface area contributed by atoms with Crippen molar-refractivity contribution in [3.63, 3.8) is 0 Å². The van der Waals surface area contributed by atoms with Gasteiger partial charge in [0, 0.05) is 30.2 Å². The van der Waals surface area contributed by atoms with Crippen molar-refractivity contribution in [1.29, 1.82) is 0 Å². The molecule has 196 valence electrons. The summed E-state index contributed by atoms with van der Waals surface area (Å²) in [4.78, 5) is 51.4. The van der Waals surface area contributed by atoms with Crippen LogP contribution >= 0.6 is 11.6 Å². The molecule has 0 aliphatic carbocycles. The largest absolute Gasteiger partial charge is 0.352 e. The van der Waals surface area contributed by atoms with Gasteiger partial charge in [-0.3, -0.25) is 23.5 Å². The fourth-order valence-electron chi connectivity index (χ4n) is 4.18. The first-order valence-corrected chi connectivity index (χ1v) is 12.8. The summed E-state index contributed by atoms with van der Waals surface area (Å²) in [5.41, 5.74) is 1.95. The number of anilines is 1. The van der Waals surface area contributed by atoms with Crippen LogP contribution in [0.5, 0.6) is 0 Å². The number of nitrogens with zero attached hydrogens (tertiary/aromatic N) is 2. The second kappa shape index (κ2) is 12.4. The molecule has 8 nitrogen and oxygen atoms in total. The molecule has 0 atom stereocenters. The number of para-hydroxylation sites is 1. The van der Waals surface area contributed by atoms with Gasteiger partial charge in [0.25, 0.3) is 5.56 Å². The number of amides is 2. The molecule has 4 aromatic rings. The monoisotopic (exact) mass is 532 g/mol. The van der Waals surface area contributed by atoms with E-state index in [1.165, 1.54) is 4.57 Å². The Kier molecular flexibility index (Phi) is 8.76. The molecule has 0 bridgehead atoms. The van der Waals surface area contributed by atoms with Gasteiger partial charge in [0.15, 0.2) is 0 Å². The van der Waals surface area contributed by atoms with Crippen LogP contribution in [0.2, 0.25) is 5.02 Å². The maximum absolute atomic E-state index is 13.3. The number of nitrogens with one attached hydrogen (secondary N) is 2. The van der Waals surface area contributed by atoms with Crippen molar-refractivity contribution in [2.75, 3.05) is 5.32 Å². The number of fused-ring (bicyclic) bond motifs is 1. The van der Waals surface area contributed by atoms with Crippen molar-refractivity contribution in [2.45, 2.75) is 45.8 Å². The minimum atomic E-state index is -0.559. The first-order chi connectivity index (χ1) is 18.3. The Balaban J connectivity index is 1.42. The van der Waals surface area contributed by atoms with Gasteiger partial charge in [-0.1, -0.05) is 59.6 Å². The van der Waals surface area contributed by atoms with Crippen LogP contribution in [0, 0.1) is 6.92 Å². The van der Waals surface area contributed by atoms with Crippen LogP contribution in [-0.4, -0.2) is 20.9 Å². The minimum Gasteiger partial charge on any atom is -0.352 e. The summed E-state index contributed by atoms with van der Waals surface area (Å²) in [6, 6.07) is 21.4. The van der Waals surface area contributed by atoms with Gasteiger partial charge in [0.1, 0.15) is 6.54 Å². The minimum absolute atomic E-state index is 0.138. The predicted octanol–water partition coefficient (Wildman–Crippen LogP) is 4.25. The third-order valence-corrected chi connectivity index (χ3v) is 6.61. The number of aromatic nitrogens is 2. The fraction of sp³-hybridized carbons (Fsp3) is 0.241. The molecule has 0 radical (unpaired) electrons. The predicted molar refractivity (Wildman–Crippen MR) is 149 cm³/mol. The number of benzene rings is 3. The summed E-state index contributed by atoms with van der Waals surface area (Å²) in [6.07, 6.45) is 1.18. The molecule has 0 aliphatic rings.